The zero-order chi connectivity index (χ0) is 14.1. The predicted octanol–water partition coefficient (Wildman–Crippen LogP) is 2.55. The standard InChI is InChI=1S/C16H23FN2O/c1-12(20)16-14(17)6-4-7-15(16)19-10-9-18-8-3-2-5-13(18)11-19/h4,6-7,12-13,20H,2-3,5,8-11H2,1H3/t12-,13?/m0/s1. The van der Waals surface area contributed by atoms with Gasteiger partial charge in [0.25, 0.3) is 0 Å². The second-order valence-corrected chi connectivity index (χ2v) is 5.98. The molecule has 1 aromatic rings. The number of halogens is 1. The molecular weight excluding hydrogens is 255 g/mol. The molecule has 1 aromatic carbocycles. The first kappa shape index (κ1) is 13.8. The van der Waals surface area contributed by atoms with Crippen LogP contribution in [0.2, 0.25) is 0 Å². The Kier molecular flexibility index (Phi) is 3.94. The van der Waals surface area contributed by atoms with Gasteiger partial charge in [-0.1, -0.05) is 12.5 Å². The molecule has 0 spiro atoms. The first-order chi connectivity index (χ1) is 9.66. The largest absolute Gasteiger partial charge is 0.389 e. The Bertz CT molecular complexity index is 478. The second-order valence-electron chi connectivity index (χ2n) is 5.98. The van der Waals surface area contributed by atoms with Crippen molar-refractivity contribution in [3.05, 3.63) is 29.6 Å². The number of fused-ring (bicyclic) bond motifs is 1. The highest BCUT2D eigenvalue weighted by molar-refractivity contribution is 5.55. The summed E-state index contributed by atoms with van der Waals surface area (Å²) in [5, 5.41) is 9.87. The minimum absolute atomic E-state index is 0.302. The van der Waals surface area contributed by atoms with Crippen LogP contribution >= 0.6 is 0 Å². The number of aliphatic hydroxyl groups excluding tert-OH is 1. The van der Waals surface area contributed by atoms with Gasteiger partial charge in [0.2, 0.25) is 0 Å². The zero-order valence-electron chi connectivity index (χ0n) is 12.1. The summed E-state index contributed by atoms with van der Waals surface area (Å²) in [7, 11) is 0. The van der Waals surface area contributed by atoms with Crippen molar-refractivity contribution < 1.29 is 9.50 Å². The molecule has 0 aliphatic carbocycles. The zero-order valence-corrected chi connectivity index (χ0v) is 12.1. The Balaban J connectivity index is 1.84. The van der Waals surface area contributed by atoms with Crippen molar-refractivity contribution in [3.63, 3.8) is 0 Å². The topological polar surface area (TPSA) is 26.7 Å². The van der Waals surface area contributed by atoms with Crippen molar-refractivity contribution in [1.29, 1.82) is 0 Å². The lowest BCUT2D eigenvalue weighted by Gasteiger charge is -2.45. The number of anilines is 1. The lowest BCUT2D eigenvalue weighted by atomic mass is 9.98. The van der Waals surface area contributed by atoms with E-state index in [0.717, 1.165) is 25.3 Å². The van der Waals surface area contributed by atoms with E-state index in [9.17, 15) is 9.50 Å². The van der Waals surface area contributed by atoms with E-state index in [1.807, 2.05) is 6.07 Å². The molecule has 2 aliphatic heterocycles. The molecule has 2 fully saturated rings. The fourth-order valence-corrected chi connectivity index (χ4v) is 3.59. The van der Waals surface area contributed by atoms with E-state index in [1.165, 1.54) is 31.9 Å². The predicted molar refractivity (Wildman–Crippen MR) is 78.5 cm³/mol. The van der Waals surface area contributed by atoms with E-state index in [4.69, 9.17) is 0 Å². The minimum atomic E-state index is -0.768. The van der Waals surface area contributed by atoms with Gasteiger partial charge in [-0.15, -0.1) is 0 Å². The monoisotopic (exact) mass is 278 g/mol. The number of piperidine rings is 1. The number of rotatable bonds is 2. The number of hydrogen-bond acceptors (Lipinski definition) is 3. The summed E-state index contributed by atoms with van der Waals surface area (Å²) >= 11 is 0. The fourth-order valence-electron chi connectivity index (χ4n) is 3.59. The van der Waals surface area contributed by atoms with Gasteiger partial charge < -0.3 is 10.0 Å². The van der Waals surface area contributed by atoms with Crippen molar-refractivity contribution in [2.24, 2.45) is 0 Å². The van der Waals surface area contributed by atoms with Gasteiger partial charge in [-0.2, -0.15) is 0 Å². The molecular formula is C16H23FN2O. The molecule has 0 bridgehead atoms. The van der Waals surface area contributed by atoms with Crippen LogP contribution in [0.25, 0.3) is 0 Å². The molecule has 3 rings (SSSR count). The molecule has 2 aliphatic rings. The van der Waals surface area contributed by atoms with E-state index >= 15 is 0 Å². The average molecular weight is 278 g/mol. The van der Waals surface area contributed by atoms with Gasteiger partial charge in [0.05, 0.1) is 6.10 Å². The Morgan fingerprint density at radius 3 is 2.90 bits per heavy atom. The Labute approximate surface area is 120 Å². The quantitative estimate of drug-likeness (QED) is 0.900. The molecule has 1 N–H and O–H groups in total. The third-order valence-corrected chi connectivity index (χ3v) is 4.63. The summed E-state index contributed by atoms with van der Waals surface area (Å²) in [5.74, 6) is -0.302. The van der Waals surface area contributed by atoms with Crippen LogP contribution < -0.4 is 4.90 Å². The van der Waals surface area contributed by atoms with Gasteiger partial charge in [0.1, 0.15) is 5.82 Å². The van der Waals surface area contributed by atoms with Gasteiger partial charge in [-0.05, 0) is 38.4 Å². The minimum Gasteiger partial charge on any atom is -0.389 e. The average Bonchev–Trinajstić information content (AvgIpc) is 2.46. The molecule has 0 amide bonds. The maximum Gasteiger partial charge on any atom is 0.131 e. The Hall–Kier alpha value is -1.13. The molecule has 1 unspecified atom stereocenters. The van der Waals surface area contributed by atoms with Crippen LogP contribution in [-0.2, 0) is 0 Å². The third-order valence-electron chi connectivity index (χ3n) is 4.63. The molecule has 2 atom stereocenters. The van der Waals surface area contributed by atoms with Crippen molar-refractivity contribution in [3.8, 4) is 0 Å². The lowest BCUT2D eigenvalue weighted by Crippen LogP contribution is -2.55. The van der Waals surface area contributed by atoms with Gasteiger partial charge in [0, 0.05) is 36.9 Å². The van der Waals surface area contributed by atoms with Gasteiger partial charge >= 0.3 is 0 Å². The number of piperazine rings is 1. The van der Waals surface area contributed by atoms with Crippen molar-refractivity contribution >= 4 is 5.69 Å². The molecule has 0 saturated carbocycles. The summed E-state index contributed by atoms with van der Waals surface area (Å²) in [5.41, 5.74) is 1.31. The van der Waals surface area contributed by atoms with Crippen LogP contribution in [0.15, 0.2) is 18.2 Å². The Morgan fingerprint density at radius 2 is 2.10 bits per heavy atom. The summed E-state index contributed by atoms with van der Waals surface area (Å²) in [6, 6.07) is 5.69. The maximum atomic E-state index is 14.0. The van der Waals surface area contributed by atoms with Crippen LogP contribution in [0.4, 0.5) is 10.1 Å². The molecule has 110 valence electrons. The van der Waals surface area contributed by atoms with Crippen LogP contribution in [0.3, 0.4) is 0 Å². The van der Waals surface area contributed by atoms with Gasteiger partial charge in [-0.25, -0.2) is 4.39 Å². The van der Waals surface area contributed by atoms with E-state index in [2.05, 4.69) is 9.80 Å². The first-order valence-corrected chi connectivity index (χ1v) is 7.62. The van der Waals surface area contributed by atoms with Gasteiger partial charge in [-0.3, -0.25) is 4.90 Å². The number of aliphatic hydroxyl groups is 1. The smallest absolute Gasteiger partial charge is 0.131 e. The molecule has 0 radical (unpaired) electrons. The Morgan fingerprint density at radius 1 is 1.25 bits per heavy atom. The highest BCUT2D eigenvalue weighted by atomic mass is 19.1. The molecule has 20 heavy (non-hydrogen) atoms. The lowest BCUT2D eigenvalue weighted by molar-refractivity contribution is 0.132. The summed E-state index contributed by atoms with van der Waals surface area (Å²) in [6.07, 6.45) is 3.06. The van der Waals surface area contributed by atoms with Crippen LogP contribution in [0.1, 0.15) is 37.9 Å². The fraction of sp³-hybridized carbons (Fsp3) is 0.625. The SMILES string of the molecule is C[C@H](O)c1c(F)cccc1N1CCN2CCCCC2C1. The summed E-state index contributed by atoms with van der Waals surface area (Å²) < 4.78 is 14.0. The van der Waals surface area contributed by atoms with E-state index in [-0.39, 0.29) is 5.82 Å². The van der Waals surface area contributed by atoms with Crippen molar-refractivity contribution in [1.82, 2.24) is 4.90 Å². The van der Waals surface area contributed by atoms with Crippen molar-refractivity contribution in [2.45, 2.75) is 38.3 Å². The maximum absolute atomic E-state index is 14.0. The summed E-state index contributed by atoms with van der Waals surface area (Å²) in [6.45, 7) is 5.74. The number of nitrogens with zero attached hydrogens (tertiary/aromatic N) is 2. The molecule has 2 saturated heterocycles. The highest BCUT2D eigenvalue weighted by Crippen LogP contribution is 2.32. The molecule has 2 heterocycles. The second kappa shape index (κ2) is 5.70. The molecule has 4 heteroatoms. The molecule has 0 aromatic heterocycles. The van der Waals surface area contributed by atoms with Crippen LogP contribution in [0, 0.1) is 5.82 Å². The third kappa shape index (κ3) is 2.54. The number of benzene rings is 1. The van der Waals surface area contributed by atoms with Crippen molar-refractivity contribution in [2.75, 3.05) is 31.1 Å². The van der Waals surface area contributed by atoms with E-state index in [1.54, 1.807) is 13.0 Å². The normalized spacial score (nSPS) is 25.4. The highest BCUT2D eigenvalue weighted by Gasteiger charge is 2.30. The van der Waals surface area contributed by atoms with Crippen LogP contribution in [-0.4, -0.2) is 42.2 Å². The summed E-state index contributed by atoms with van der Waals surface area (Å²) in [4.78, 5) is 4.80. The van der Waals surface area contributed by atoms with E-state index < -0.39 is 6.10 Å². The molecule has 3 nitrogen and oxygen atoms in total. The first-order valence-electron chi connectivity index (χ1n) is 7.62. The number of hydrogen-bond donors (Lipinski definition) is 1. The van der Waals surface area contributed by atoms with E-state index in [0.29, 0.717) is 11.6 Å². The van der Waals surface area contributed by atoms with Gasteiger partial charge in [0.15, 0.2) is 0 Å². The van der Waals surface area contributed by atoms with Crippen LogP contribution in [0.5, 0.6) is 0 Å².